The maximum atomic E-state index is 11.8. The standard InChI is InChI=1S/C17H35N3O3/c1-5-7-11-20(12-8-6-2)13-9-10-18-17(23)19-15(14(3)4)16(21)22/h14-15H,5-13H2,1-4H3,(H,21,22)(H2,18,19,23). The lowest BCUT2D eigenvalue weighted by Crippen LogP contribution is -2.49. The molecule has 0 aliphatic heterocycles. The molecule has 1 unspecified atom stereocenters. The van der Waals surface area contributed by atoms with Crippen molar-refractivity contribution in [3.8, 4) is 0 Å². The van der Waals surface area contributed by atoms with Crippen LogP contribution in [0.5, 0.6) is 0 Å². The number of carbonyl (C=O) groups excluding carboxylic acids is 1. The number of carbonyl (C=O) groups is 2. The van der Waals surface area contributed by atoms with E-state index < -0.39 is 18.0 Å². The zero-order chi connectivity index (χ0) is 17.7. The van der Waals surface area contributed by atoms with Gasteiger partial charge in [0.25, 0.3) is 0 Å². The van der Waals surface area contributed by atoms with Crippen LogP contribution in [0, 0.1) is 5.92 Å². The highest BCUT2D eigenvalue weighted by atomic mass is 16.4. The molecule has 0 heterocycles. The summed E-state index contributed by atoms with van der Waals surface area (Å²) in [6.07, 6.45) is 5.66. The van der Waals surface area contributed by atoms with Crippen LogP contribution in [-0.2, 0) is 4.79 Å². The van der Waals surface area contributed by atoms with Crippen LogP contribution < -0.4 is 10.6 Å². The predicted molar refractivity (Wildman–Crippen MR) is 93.7 cm³/mol. The fourth-order valence-electron chi connectivity index (χ4n) is 2.31. The third kappa shape index (κ3) is 11.0. The van der Waals surface area contributed by atoms with Crippen LogP contribution in [0.2, 0.25) is 0 Å². The van der Waals surface area contributed by atoms with E-state index >= 15 is 0 Å². The summed E-state index contributed by atoms with van der Waals surface area (Å²) in [5.74, 6) is -1.14. The number of urea groups is 1. The van der Waals surface area contributed by atoms with Gasteiger partial charge in [-0.15, -0.1) is 0 Å². The van der Waals surface area contributed by atoms with Gasteiger partial charge in [-0.25, -0.2) is 9.59 Å². The Kier molecular flexibility index (Phi) is 12.4. The Morgan fingerprint density at radius 1 is 1.00 bits per heavy atom. The van der Waals surface area contributed by atoms with Crippen molar-refractivity contribution in [1.29, 1.82) is 0 Å². The molecule has 0 rings (SSSR count). The van der Waals surface area contributed by atoms with Crippen molar-refractivity contribution in [1.82, 2.24) is 15.5 Å². The lowest BCUT2D eigenvalue weighted by molar-refractivity contribution is -0.140. The van der Waals surface area contributed by atoms with E-state index in [0.29, 0.717) is 6.54 Å². The smallest absolute Gasteiger partial charge is 0.326 e. The van der Waals surface area contributed by atoms with E-state index in [-0.39, 0.29) is 5.92 Å². The number of carboxylic acids is 1. The summed E-state index contributed by atoms with van der Waals surface area (Å²) in [6, 6.07) is -1.25. The Balaban J connectivity index is 4.01. The average Bonchev–Trinajstić information content (AvgIpc) is 2.50. The molecule has 0 aromatic carbocycles. The third-order valence-electron chi connectivity index (χ3n) is 3.81. The first-order chi connectivity index (χ1) is 10.9. The van der Waals surface area contributed by atoms with Gasteiger partial charge in [-0.2, -0.15) is 0 Å². The van der Waals surface area contributed by atoms with Crippen LogP contribution in [0.4, 0.5) is 4.79 Å². The molecular formula is C17H35N3O3. The van der Waals surface area contributed by atoms with Gasteiger partial charge in [-0.3, -0.25) is 0 Å². The van der Waals surface area contributed by atoms with Crippen molar-refractivity contribution >= 4 is 12.0 Å². The molecule has 0 aliphatic carbocycles. The first-order valence-corrected chi connectivity index (χ1v) is 8.91. The second kappa shape index (κ2) is 13.2. The highest BCUT2D eigenvalue weighted by Crippen LogP contribution is 2.02. The van der Waals surface area contributed by atoms with Gasteiger partial charge in [-0.1, -0.05) is 40.5 Å². The van der Waals surface area contributed by atoms with Crippen molar-refractivity contribution < 1.29 is 14.7 Å². The lowest BCUT2D eigenvalue weighted by Gasteiger charge is -2.22. The molecule has 3 N–H and O–H groups in total. The van der Waals surface area contributed by atoms with E-state index in [0.717, 1.165) is 26.1 Å². The van der Waals surface area contributed by atoms with E-state index in [1.54, 1.807) is 13.8 Å². The van der Waals surface area contributed by atoms with E-state index in [9.17, 15) is 9.59 Å². The predicted octanol–water partition coefficient (Wildman–Crippen LogP) is 2.69. The van der Waals surface area contributed by atoms with Crippen molar-refractivity contribution in [3.05, 3.63) is 0 Å². The van der Waals surface area contributed by atoms with Crippen molar-refractivity contribution in [2.24, 2.45) is 5.92 Å². The van der Waals surface area contributed by atoms with Gasteiger partial charge in [0, 0.05) is 6.54 Å². The molecule has 2 amide bonds. The highest BCUT2D eigenvalue weighted by molar-refractivity contribution is 5.82. The first-order valence-electron chi connectivity index (χ1n) is 8.91. The molecule has 0 aromatic heterocycles. The Morgan fingerprint density at radius 3 is 1.96 bits per heavy atom. The normalized spacial score (nSPS) is 12.4. The average molecular weight is 329 g/mol. The van der Waals surface area contributed by atoms with E-state index in [4.69, 9.17) is 5.11 Å². The number of aliphatic carboxylic acids is 1. The molecule has 0 fully saturated rings. The summed E-state index contributed by atoms with van der Waals surface area (Å²) in [5, 5.41) is 14.3. The van der Waals surface area contributed by atoms with E-state index in [2.05, 4.69) is 29.4 Å². The summed E-state index contributed by atoms with van der Waals surface area (Å²) in [7, 11) is 0. The van der Waals surface area contributed by atoms with Crippen LogP contribution in [0.1, 0.15) is 59.8 Å². The third-order valence-corrected chi connectivity index (χ3v) is 3.81. The van der Waals surface area contributed by atoms with Gasteiger partial charge < -0.3 is 20.6 Å². The maximum Gasteiger partial charge on any atom is 0.326 e. The Labute approximate surface area is 141 Å². The summed E-state index contributed by atoms with van der Waals surface area (Å²) in [4.78, 5) is 25.2. The minimum atomic E-state index is -1.000. The van der Waals surface area contributed by atoms with Crippen molar-refractivity contribution in [3.63, 3.8) is 0 Å². The fraction of sp³-hybridized carbons (Fsp3) is 0.882. The number of unbranched alkanes of at least 4 members (excludes halogenated alkanes) is 2. The Hall–Kier alpha value is -1.30. The molecule has 0 aromatic rings. The second-order valence-corrected chi connectivity index (χ2v) is 6.36. The summed E-state index contributed by atoms with van der Waals surface area (Å²) in [6.45, 7) is 11.7. The fourth-order valence-corrected chi connectivity index (χ4v) is 2.31. The van der Waals surface area contributed by atoms with Gasteiger partial charge in [0.1, 0.15) is 6.04 Å². The number of hydrogen-bond acceptors (Lipinski definition) is 3. The van der Waals surface area contributed by atoms with E-state index in [1.807, 2.05) is 0 Å². The van der Waals surface area contributed by atoms with Gasteiger partial charge in [0.05, 0.1) is 0 Å². The zero-order valence-electron chi connectivity index (χ0n) is 15.2. The molecular weight excluding hydrogens is 294 g/mol. The molecule has 23 heavy (non-hydrogen) atoms. The minimum absolute atomic E-state index is 0.142. The summed E-state index contributed by atoms with van der Waals surface area (Å²) < 4.78 is 0. The maximum absolute atomic E-state index is 11.8. The van der Waals surface area contributed by atoms with Crippen molar-refractivity contribution in [2.45, 2.75) is 65.8 Å². The quantitative estimate of drug-likeness (QED) is 0.454. The minimum Gasteiger partial charge on any atom is -0.480 e. The molecule has 0 spiro atoms. The number of nitrogens with zero attached hydrogens (tertiary/aromatic N) is 1. The molecule has 6 nitrogen and oxygen atoms in total. The number of nitrogens with one attached hydrogen (secondary N) is 2. The summed E-state index contributed by atoms with van der Waals surface area (Å²) in [5.41, 5.74) is 0. The molecule has 0 radical (unpaired) electrons. The Morgan fingerprint density at radius 2 is 1.52 bits per heavy atom. The molecule has 0 saturated carbocycles. The van der Waals surface area contributed by atoms with Crippen molar-refractivity contribution in [2.75, 3.05) is 26.2 Å². The van der Waals surface area contributed by atoms with Gasteiger partial charge >= 0.3 is 12.0 Å². The number of carboxylic acid groups (broad SMARTS) is 1. The molecule has 0 aliphatic rings. The lowest BCUT2D eigenvalue weighted by atomic mass is 10.1. The van der Waals surface area contributed by atoms with Gasteiger partial charge in [0.2, 0.25) is 0 Å². The SMILES string of the molecule is CCCCN(CCCC)CCCNC(=O)NC(C(=O)O)C(C)C. The number of hydrogen-bond donors (Lipinski definition) is 3. The first kappa shape index (κ1) is 21.7. The van der Waals surface area contributed by atoms with Gasteiger partial charge in [-0.05, 0) is 44.8 Å². The zero-order valence-corrected chi connectivity index (χ0v) is 15.2. The largest absolute Gasteiger partial charge is 0.480 e. The van der Waals surface area contributed by atoms with Crippen LogP contribution >= 0.6 is 0 Å². The highest BCUT2D eigenvalue weighted by Gasteiger charge is 2.23. The molecule has 1 atom stereocenters. The monoisotopic (exact) mass is 329 g/mol. The summed E-state index contributed by atoms with van der Waals surface area (Å²) >= 11 is 0. The Bertz CT molecular complexity index is 327. The number of amides is 2. The van der Waals surface area contributed by atoms with Crippen LogP contribution in [-0.4, -0.2) is 54.2 Å². The number of rotatable bonds is 13. The van der Waals surface area contributed by atoms with E-state index in [1.165, 1.54) is 25.7 Å². The van der Waals surface area contributed by atoms with Crippen LogP contribution in [0.3, 0.4) is 0 Å². The topological polar surface area (TPSA) is 81.7 Å². The molecule has 0 bridgehead atoms. The molecule has 0 saturated heterocycles. The van der Waals surface area contributed by atoms with Gasteiger partial charge in [0.15, 0.2) is 0 Å². The van der Waals surface area contributed by atoms with Crippen LogP contribution in [0.25, 0.3) is 0 Å². The second-order valence-electron chi connectivity index (χ2n) is 6.36. The molecule has 136 valence electrons. The van der Waals surface area contributed by atoms with Crippen LogP contribution in [0.15, 0.2) is 0 Å². The molecule has 6 heteroatoms.